The molecule has 0 amide bonds. The van der Waals surface area contributed by atoms with E-state index in [-0.39, 0.29) is 6.04 Å². The predicted molar refractivity (Wildman–Crippen MR) is 83.3 cm³/mol. The molecule has 2 aromatic rings. The van der Waals surface area contributed by atoms with Crippen molar-refractivity contribution in [1.82, 2.24) is 10.3 Å². The van der Waals surface area contributed by atoms with Gasteiger partial charge in [0.15, 0.2) is 0 Å². The third kappa shape index (κ3) is 3.88. The van der Waals surface area contributed by atoms with E-state index in [1.165, 1.54) is 16.7 Å². The number of hydrogen-bond acceptors (Lipinski definition) is 2. The summed E-state index contributed by atoms with van der Waals surface area (Å²) in [5, 5.41) is 3.59. The van der Waals surface area contributed by atoms with E-state index in [4.69, 9.17) is 0 Å². The highest BCUT2D eigenvalue weighted by Crippen LogP contribution is 2.24. The highest BCUT2D eigenvalue weighted by molar-refractivity contribution is 9.10. The number of aryl methyl sites for hydroxylation is 1. The largest absolute Gasteiger partial charge is 0.306 e. The van der Waals surface area contributed by atoms with Crippen molar-refractivity contribution in [2.24, 2.45) is 0 Å². The smallest absolute Gasteiger partial charge is 0.0592 e. The molecule has 2 rings (SSSR count). The molecule has 0 saturated carbocycles. The second-order valence-electron chi connectivity index (χ2n) is 4.73. The lowest BCUT2D eigenvalue weighted by Crippen LogP contribution is -2.23. The third-order valence-corrected chi connectivity index (χ3v) is 3.50. The van der Waals surface area contributed by atoms with Gasteiger partial charge in [-0.3, -0.25) is 4.98 Å². The molecular formula is C16H19BrN2. The summed E-state index contributed by atoms with van der Waals surface area (Å²) in [6.45, 7) is 5.28. The number of nitrogens with one attached hydrogen (secondary N) is 1. The highest BCUT2D eigenvalue weighted by Gasteiger charge is 2.13. The summed E-state index contributed by atoms with van der Waals surface area (Å²) in [4.78, 5) is 4.27. The van der Waals surface area contributed by atoms with Gasteiger partial charge in [0.25, 0.3) is 0 Å². The summed E-state index contributed by atoms with van der Waals surface area (Å²) in [6, 6.07) is 11.0. The molecule has 0 aliphatic carbocycles. The third-order valence-electron chi connectivity index (χ3n) is 3.07. The lowest BCUT2D eigenvalue weighted by Gasteiger charge is -2.19. The van der Waals surface area contributed by atoms with Crippen LogP contribution in [0.25, 0.3) is 0 Å². The average molecular weight is 319 g/mol. The number of pyridine rings is 1. The van der Waals surface area contributed by atoms with Crippen LogP contribution in [0.3, 0.4) is 0 Å². The van der Waals surface area contributed by atoms with Gasteiger partial charge < -0.3 is 5.32 Å². The first-order chi connectivity index (χ1) is 9.20. The van der Waals surface area contributed by atoms with Gasteiger partial charge in [0.1, 0.15) is 0 Å². The maximum Gasteiger partial charge on any atom is 0.0592 e. The zero-order valence-corrected chi connectivity index (χ0v) is 12.9. The van der Waals surface area contributed by atoms with E-state index in [0.29, 0.717) is 0 Å². The van der Waals surface area contributed by atoms with Gasteiger partial charge in [-0.2, -0.15) is 0 Å². The van der Waals surface area contributed by atoms with Crippen molar-refractivity contribution < 1.29 is 0 Å². The topological polar surface area (TPSA) is 24.9 Å². The maximum atomic E-state index is 4.27. The van der Waals surface area contributed by atoms with Crippen LogP contribution in [0, 0.1) is 6.92 Å². The van der Waals surface area contributed by atoms with Crippen LogP contribution in [0.5, 0.6) is 0 Å². The van der Waals surface area contributed by atoms with E-state index in [0.717, 1.165) is 17.4 Å². The van der Waals surface area contributed by atoms with E-state index in [1.807, 2.05) is 12.4 Å². The molecule has 0 saturated heterocycles. The lowest BCUT2D eigenvalue weighted by atomic mass is 9.99. The van der Waals surface area contributed by atoms with Crippen molar-refractivity contribution in [1.29, 1.82) is 0 Å². The standard InChI is InChI=1S/C16H19BrN2/c1-3-8-19-16(13-6-4-12(2)5-7-13)14-9-15(17)11-18-10-14/h4-7,9-11,16,19H,3,8H2,1-2H3. The van der Waals surface area contributed by atoms with E-state index >= 15 is 0 Å². The van der Waals surface area contributed by atoms with E-state index in [1.54, 1.807) is 0 Å². The fourth-order valence-electron chi connectivity index (χ4n) is 2.06. The van der Waals surface area contributed by atoms with Crippen LogP contribution in [-0.4, -0.2) is 11.5 Å². The van der Waals surface area contributed by atoms with Gasteiger partial charge in [-0.1, -0.05) is 36.8 Å². The molecule has 0 spiro atoms. The number of halogens is 1. The Hall–Kier alpha value is -1.19. The quantitative estimate of drug-likeness (QED) is 0.891. The molecule has 0 radical (unpaired) electrons. The van der Waals surface area contributed by atoms with E-state index in [9.17, 15) is 0 Å². The molecule has 1 atom stereocenters. The molecule has 0 fully saturated rings. The monoisotopic (exact) mass is 318 g/mol. The van der Waals surface area contributed by atoms with Gasteiger partial charge in [-0.25, -0.2) is 0 Å². The van der Waals surface area contributed by atoms with Gasteiger partial charge in [-0.05, 0) is 53.0 Å². The maximum absolute atomic E-state index is 4.27. The minimum absolute atomic E-state index is 0.200. The summed E-state index contributed by atoms with van der Waals surface area (Å²) in [5.41, 5.74) is 3.75. The minimum Gasteiger partial charge on any atom is -0.306 e. The fraction of sp³-hybridized carbons (Fsp3) is 0.312. The van der Waals surface area contributed by atoms with Crippen LogP contribution in [0.2, 0.25) is 0 Å². The Bertz CT molecular complexity index is 523. The number of aromatic nitrogens is 1. The van der Waals surface area contributed by atoms with Crippen LogP contribution in [0.4, 0.5) is 0 Å². The Balaban J connectivity index is 2.32. The molecule has 1 aromatic heterocycles. The second kappa shape index (κ2) is 6.83. The van der Waals surface area contributed by atoms with Gasteiger partial charge >= 0.3 is 0 Å². The Morgan fingerprint density at radius 3 is 2.53 bits per heavy atom. The molecular weight excluding hydrogens is 300 g/mol. The van der Waals surface area contributed by atoms with Crippen LogP contribution in [0.15, 0.2) is 47.2 Å². The highest BCUT2D eigenvalue weighted by atomic mass is 79.9. The van der Waals surface area contributed by atoms with Crippen molar-refractivity contribution in [3.05, 3.63) is 63.9 Å². The lowest BCUT2D eigenvalue weighted by molar-refractivity contribution is 0.596. The molecule has 3 heteroatoms. The fourth-order valence-corrected chi connectivity index (χ4v) is 2.44. The molecule has 0 bridgehead atoms. The summed E-state index contributed by atoms with van der Waals surface area (Å²) >= 11 is 3.49. The molecule has 0 aliphatic rings. The van der Waals surface area contributed by atoms with Gasteiger partial charge in [-0.15, -0.1) is 0 Å². The van der Waals surface area contributed by atoms with Crippen LogP contribution < -0.4 is 5.32 Å². The number of hydrogen-bond donors (Lipinski definition) is 1. The Morgan fingerprint density at radius 1 is 1.16 bits per heavy atom. The molecule has 1 N–H and O–H groups in total. The van der Waals surface area contributed by atoms with Crippen LogP contribution in [0.1, 0.15) is 36.1 Å². The van der Waals surface area contributed by atoms with Crippen molar-refractivity contribution in [3.8, 4) is 0 Å². The van der Waals surface area contributed by atoms with Gasteiger partial charge in [0.05, 0.1) is 6.04 Å². The zero-order valence-electron chi connectivity index (χ0n) is 11.4. The minimum atomic E-state index is 0.200. The Labute approximate surface area is 123 Å². The average Bonchev–Trinajstić information content (AvgIpc) is 2.41. The molecule has 2 nitrogen and oxygen atoms in total. The summed E-state index contributed by atoms with van der Waals surface area (Å²) in [6.07, 6.45) is 4.86. The molecule has 1 unspecified atom stereocenters. The molecule has 19 heavy (non-hydrogen) atoms. The molecule has 100 valence electrons. The van der Waals surface area contributed by atoms with Crippen molar-refractivity contribution in [2.75, 3.05) is 6.54 Å². The number of rotatable bonds is 5. The summed E-state index contributed by atoms with van der Waals surface area (Å²) in [5.74, 6) is 0. The molecule has 0 aliphatic heterocycles. The van der Waals surface area contributed by atoms with Crippen LogP contribution >= 0.6 is 15.9 Å². The number of benzene rings is 1. The normalized spacial score (nSPS) is 12.4. The van der Waals surface area contributed by atoms with Crippen LogP contribution in [-0.2, 0) is 0 Å². The van der Waals surface area contributed by atoms with E-state index in [2.05, 4.69) is 70.4 Å². The van der Waals surface area contributed by atoms with Gasteiger partial charge in [0.2, 0.25) is 0 Å². The summed E-state index contributed by atoms with van der Waals surface area (Å²) < 4.78 is 1.01. The first-order valence-corrected chi connectivity index (χ1v) is 7.40. The van der Waals surface area contributed by atoms with Crippen molar-refractivity contribution >= 4 is 15.9 Å². The zero-order chi connectivity index (χ0) is 13.7. The predicted octanol–water partition coefficient (Wildman–Crippen LogP) is 4.24. The first-order valence-electron chi connectivity index (χ1n) is 6.61. The Kier molecular flexibility index (Phi) is 5.11. The van der Waals surface area contributed by atoms with Crippen molar-refractivity contribution in [3.63, 3.8) is 0 Å². The summed E-state index contributed by atoms with van der Waals surface area (Å²) in [7, 11) is 0. The second-order valence-corrected chi connectivity index (χ2v) is 5.65. The molecule has 1 aromatic carbocycles. The Morgan fingerprint density at radius 2 is 1.89 bits per heavy atom. The van der Waals surface area contributed by atoms with Gasteiger partial charge in [0, 0.05) is 16.9 Å². The number of nitrogens with zero attached hydrogens (tertiary/aromatic N) is 1. The SMILES string of the molecule is CCCNC(c1ccc(C)cc1)c1cncc(Br)c1. The molecule has 1 heterocycles. The van der Waals surface area contributed by atoms with E-state index < -0.39 is 0 Å². The first kappa shape index (κ1) is 14.2. The van der Waals surface area contributed by atoms with Crippen molar-refractivity contribution in [2.45, 2.75) is 26.3 Å².